The van der Waals surface area contributed by atoms with Crippen molar-refractivity contribution in [3.63, 3.8) is 0 Å². The minimum Gasteiger partial charge on any atom is -0.412 e. The molecule has 1 aliphatic heterocycles. The largest absolute Gasteiger partial charge is 0.412 e. The fraction of sp³-hybridized carbons (Fsp3) is 0.333. The van der Waals surface area contributed by atoms with Crippen LogP contribution in [0.2, 0.25) is 0 Å². The SMILES string of the molecule is CN(C)CCNC1c2ccccc2CSc2ccccc21.Cl.Cl.O. The normalized spacial score (nSPS) is 15.0. The van der Waals surface area contributed by atoms with Crippen LogP contribution in [0, 0.1) is 0 Å². The Kier molecular flexibility index (Phi) is 10.6. The van der Waals surface area contributed by atoms with Crippen LogP contribution in [0.15, 0.2) is 53.4 Å². The first-order chi connectivity index (χ1) is 10.3. The van der Waals surface area contributed by atoms with E-state index in [-0.39, 0.29) is 30.3 Å². The summed E-state index contributed by atoms with van der Waals surface area (Å²) in [7, 11) is 4.24. The van der Waals surface area contributed by atoms with Crippen molar-refractivity contribution >= 4 is 36.6 Å². The molecule has 1 aliphatic rings. The predicted molar refractivity (Wildman–Crippen MR) is 109 cm³/mol. The molecule has 0 spiro atoms. The third kappa shape index (κ3) is 5.38. The van der Waals surface area contributed by atoms with E-state index in [0.29, 0.717) is 6.04 Å². The van der Waals surface area contributed by atoms with E-state index in [1.165, 1.54) is 21.6 Å². The maximum Gasteiger partial charge on any atom is 0.0591 e. The van der Waals surface area contributed by atoms with Crippen LogP contribution in [0.5, 0.6) is 0 Å². The molecule has 6 heteroatoms. The molecule has 0 aliphatic carbocycles. The van der Waals surface area contributed by atoms with Gasteiger partial charge in [-0.2, -0.15) is 0 Å². The van der Waals surface area contributed by atoms with Crippen molar-refractivity contribution in [3.05, 3.63) is 65.2 Å². The quantitative estimate of drug-likeness (QED) is 0.870. The Labute approximate surface area is 161 Å². The number of halogens is 2. The molecule has 0 bridgehead atoms. The van der Waals surface area contributed by atoms with Crippen LogP contribution < -0.4 is 5.32 Å². The fourth-order valence-electron chi connectivity index (χ4n) is 2.77. The Morgan fingerprint density at radius 3 is 2.33 bits per heavy atom. The van der Waals surface area contributed by atoms with Crippen molar-refractivity contribution in [1.29, 1.82) is 0 Å². The van der Waals surface area contributed by atoms with Gasteiger partial charge in [0, 0.05) is 23.7 Å². The van der Waals surface area contributed by atoms with Crippen LogP contribution in [-0.4, -0.2) is 37.6 Å². The molecule has 0 saturated carbocycles. The Hall–Kier alpha value is -0.750. The van der Waals surface area contributed by atoms with Crippen LogP contribution in [0.4, 0.5) is 0 Å². The summed E-state index contributed by atoms with van der Waals surface area (Å²) in [6.45, 7) is 2.04. The van der Waals surface area contributed by atoms with E-state index in [9.17, 15) is 0 Å². The average molecular weight is 389 g/mol. The predicted octanol–water partition coefficient (Wildman–Crippen LogP) is 3.55. The number of likely N-dealkylation sites (N-methyl/N-ethyl adjacent to an activating group) is 1. The summed E-state index contributed by atoms with van der Waals surface area (Å²) >= 11 is 1.95. The average Bonchev–Trinajstić information content (AvgIpc) is 2.65. The van der Waals surface area contributed by atoms with Gasteiger partial charge in [0.25, 0.3) is 0 Å². The number of thioether (sulfide) groups is 1. The van der Waals surface area contributed by atoms with Crippen LogP contribution in [0.3, 0.4) is 0 Å². The van der Waals surface area contributed by atoms with Gasteiger partial charge in [-0.1, -0.05) is 42.5 Å². The Morgan fingerprint density at radius 2 is 1.62 bits per heavy atom. The second kappa shape index (κ2) is 11.0. The van der Waals surface area contributed by atoms with Gasteiger partial charge in [-0.25, -0.2) is 0 Å². The summed E-state index contributed by atoms with van der Waals surface area (Å²) in [5.41, 5.74) is 4.28. The monoisotopic (exact) mass is 388 g/mol. The van der Waals surface area contributed by atoms with Crippen LogP contribution >= 0.6 is 36.6 Å². The van der Waals surface area contributed by atoms with Crippen molar-refractivity contribution in [2.45, 2.75) is 16.7 Å². The van der Waals surface area contributed by atoms with E-state index in [2.05, 4.69) is 72.8 Å². The van der Waals surface area contributed by atoms with E-state index < -0.39 is 0 Å². The number of hydrogen-bond acceptors (Lipinski definition) is 3. The lowest BCUT2D eigenvalue weighted by atomic mass is 9.95. The highest BCUT2D eigenvalue weighted by molar-refractivity contribution is 7.98. The van der Waals surface area contributed by atoms with E-state index >= 15 is 0 Å². The maximum absolute atomic E-state index is 3.75. The van der Waals surface area contributed by atoms with Gasteiger partial charge >= 0.3 is 0 Å². The molecule has 0 aromatic heterocycles. The van der Waals surface area contributed by atoms with Gasteiger partial charge in [0.05, 0.1) is 6.04 Å². The van der Waals surface area contributed by atoms with Gasteiger partial charge in [-0.15, -0.1) is 36.6 Å². The minimum atomic E-state index is 0. The summed E-state index contributed by atoms with van der Waals surface area (Å²) < 4.78 is 0. The Morgan fingerprint density at radius 1 is 1.00 bits per heavy atom. The Bertz CT molecular complexity index is 578. The molecule has 1 unspecified atom stereocenters. The molecule has 1 heterocycles. The van der Waals surface area contributed by atoms with Gasteiger partial charge in [0.15, 0.2) is 0 Å². The molecule has 134 valence electrons. The summed E-state index contributed by atoms with van der Waals surface area (Å²) in [6, 6.07) is 17.9. The fourth-order valence-corrected chi connectivity index (χ4v) is 3.87. The molecule has 0 radical (unpaired) electrons. The van der Waals surface area contributed by atoms with Gasteiger partial charge in [0.2, 0.25) is 0 Å². The van der Waals surface area contributed by atoms with Crippen molar-refractivity contribution in [1.82, 2.24) is 10.2 Å². The number of fused-ring (bicyclic) bond motifs is 2. The number of benzene rings is 2. The van der Waals surface area contributed by atoms with Gasteiger partial charge in [-0.05, 0) is 36.9 Å². The van der Waals surface area contributed by atoms with E-state index in [1.807, 2.05) is 11.8 Å². The molecule has 3 nitrogen and oxygen atoms in total. The van der Waals surface area contributed by atoms with Gasteiger partial charge < -0.3 is 15.7 Å². The van der Waals surface area contributed by atoms with Crippen molar-refractivity contribution in [2.75, 3.05) is 27.2 Å². The van der Waals surface area contributed by atoms with E-state index in [0.717, 1.165) is 18.8 Å². The van der Waals surface area contributed by atoms with E-state index in [4.69, 9.17) is 0 Å². The first-order valence-electron chi connectivity index (χ1n) is 7.43. The van der Waals surface area contributed by atoms with Crippen LogP contribution in [0.1, 0.15) is 22.7 Å². The lowest BCUT2D eigenvalue weighted by Crippen LogP contribution is -2.30. The summed E-state index contributed by atoms with van der Waals surface area (Å²) in [6.07, 6.45) is 0. The molecular formula is C18H26Cl2N2OS. The molecule has 2 aromatic carbocycles. The molecule has 3 rings (SSSR count). The van der Waals surface area contributed by atoms with Crippen molar-refractivity contribution < 1.29 is 5.48 Å². The third-order valence-electron chi connectivity index (χ3n) is 3.89. The second-order valence-corrected chi connectivity index (χ2v) is 6.73. The molecule has 0 amide bonds. The molecule has 3 N–H and O–H groups in total. The minimum absolute atomic E-state index is 0. The molecule has 24 heavy (non-hydrogen) atoms. The lowest BCUT2D eigenvalue weighted by molar-refractivity contribution is 0.392. The Balaban J connectivity index is 0.00000176. The third-order valence-corrected chi connectivity index (χ3v) is 5.02. The topological polar surface area (TPSA) is 46.8 Å². The zero-order valence-corrected chi connectivity index (χ0v) is 16.4. The van der Waals surface area contributed by atoms with Crippen LogP contribution in [0.25, 0.3) is 0 Å². The number of rotatable bonds is 4. The summed E-state index contributed by atoms with van der Waals surface area (Å²) in [4.78, 5) is 3.62. The second-order valence-electron chi connectivity index (χ2n) is 5.72. The molecule has 0 fully saturated rings. The molecule has 2 aromatic rings. The standard InChI is InChI=1S/C18H22N2S.2ClH.H2O/c1-20(2)12-11-19-18-15-8-4-3-7-14(15)13-21-17-10-6-5-9-16(17)18;;;/h3-10,18-19H,11-13H2,1-2H3;2*1H;1H2. The highest BCUT2D eigenvalue weighted by Crippen LogP contribution is 2.38. The summed E-state index contributed by atoms with van der Waals surface area (Å²) in [5.74, 6) is 1.05. The number of nitrogens with one attached hydrogen (secondary N) is 1. The number of nitrogens with zero attached hydrogens (tertiary/aromatic N) is 1. The molecular weight excluding hydrogens is 363 g/mol. The zero-order valence-electron chi connectivity index (χ0n) is 14.0. The number of hydrogen-bond donors (Lipinski definition) is 1. The van der Waals surface area contributed by atoms with Gasteiger partial charge in [-0.3, -0.25) is 0 Å². The van der Waals surface area contributed by atoms with Crippen LogP contribution in [-0.2, 0) is 5.75 Å². The van der Waals surface area contributed by atoms with E-state index in [1.54, 1.807) is 0 Å². The maximum atomic E-state index is 3.75. The first kappa shape index (κ1) is 23.2. The van der Waals surface area contributed by atoms with Crippen molar-refractivity contribution in [2.24, 2.45) is 0 Å². The first-order valence-corrected chi connectivity index (χ1v) is 8.42. The lowest BCUT2D eigenvalue weighted by Gasteiger charge is -2.22. The highest BCUT2D eigenvalue weighted by atomic mass is 35.5. The highest BCUT2D eigenvalue weighted by Gasteiger charge is 2.22. The summed E-state index contributed by atoms with van der Waals surface area (Å²) in [5, 5.41) is 3.75. The van der Waals surface area contributed by atoms with Crippen molar-refractivity contribution in [3.8, 4) is 0 Å². The smallest absolute Gasteiger partial charge is 0.0591 e. The molecule has 0 saturated heterocycles. The van der Waals surface area contributed by atoms with Gasteiger partial charge in [0.1, 0.15) is 0 Å². The zero-order chi connectivity index (χ0) is 14.7. The molecule has 1 atom stereocenters.